The molecule has 0 aliphatic rings. The molecule has 14 heavy (non-hydrogen) atoms. The Morgan fingerprint density at radius 2 is 2.29 bits per heavy atom. The van der Waals surface area contributed by atoms with Crippen molar-refractivity contribution in [3.63, 3.8) is 0 Å². The third-order valence-electron chi connectivity index (χ3n) is 2.03. The molecule has 0 amide bonds. The minimum atomic E-state index is -0.882. The van der Waals surface area contributed by atoms with Crippen molar-refractivity contribution >= 4 is 17.6 Å². The average molecular weight is 215 g/mol. The zero-order chi connectivity index (χ0) is 10.7. The molecule has 1 aromatic heterocycles. The number of aliphatic carboxylic acids is 1. The number of rotatable bonds is 3. The van der Waals surface area contributed by atoms with Gasteiger partial charge in [0.1, 0.15) is 5.92 Å². The molecule has 0 fully saturated rings. The highest BCUT2D eigenvalue weighted by Gasteiger charge is 2.21. The Balaban J connectivity index is 3.10. The first-order valence-corrected chi connectivity index (χ1v) is 4.66. The molecule has 1 aromatic rings. The van der Waals surface area contributed by atoms with Crippen LogP contribution in [0.2, 0.25) is 5.15 Å². The second-order valence-corrected chi connectivity index (χ2v) is 3.42. The molecule has 0 aliphatic carbocycles. The average Bonchev–Trinajstić information content (AvgIpc) is 2.09. The van der Waals surface area contributed by atoms with Gasteiger partial charge in [0.25, 0.3) is 0 Å². The fourth-order valence-corrected chi connectivity index (χ4v) is 1.49. The van der Waals surface area contributed by atoms with Gasteiger partial charge in [-0.05, 0) is 25.0 Å². The van der Waals surface area contributed by atoms with Crippen molar-refractivity contribution in [2.45, 2.75) is 26.2 Å². The number of carboxylic acids is 1. The van der Waals surface area contributed by atoms with Crippen LogP contribution in [0.25, 0.3) is 0 Å². The van der Waals surface area contributed by atoms with E-state index in [-0.39, 0.29) is 5.15 Å². The first-order valence-electron chi connectivity index (χ1n) is 4.28. The van der Waals surface area contributed by atoms with Gasteiger partial charge < -0.3 is 5.11 Å². The van der Waals surface area contributed by atoms with Gasteiger partial charge in [-0.15, -0.1) is 5.10 Å². The Kier molecular flexibility index (Phi) is 3.41. The van der Waals surface area contributed by atoms with E-state index in [1.54, 1.807) is 19.9 Å². The maximum Gasteiger partial charge on any atom is 0.312 e. The number of carbonyl (C=O) groups is 1. The second kappa shape index (κ2) is 4.37. The highest BCUT2D eigenvalue weighted by Crippen LogP contribution is 2.21. The molecule has 1 unspecified atom stereocenters. The van der Waals surface area contributed by atoms with E-state index in [1.807, 2.05) is 0 Å². The summed E-state index contributed by atoms with van der Waals surface area (Å²) in [7, 11) is 0. The Bertz CT molecular complexity index is 355. The summed E-state index contributed by atoms with van der Waals surface area (Å²) in [5.74, 6) is -1.48. The summed E-state index contributed by atoms with van der Waals surface area (Å²) in [6.07, 6.45) is 0.493. The Morgan fingerprint density at radius 3 is 2.71 bits per heavy atom. The van der Waals surface area contributed by atoms with E-state index < -0.39 is 11.9 Å². The Hall–Kier alpha value is -1.16. The first-order chi connectivity index (χ1) is 6.56. The molecule has 0 saturated carbocycles. The van der Waals surface area contributed by atoms with Crippen LogP contribution in [0.4, 0.5) is 0 Å². The van der Waals surface area contributed by atoms with Crippen LogP contribution in [-0.2, 0) is 4.79 Å². The van der Waals surface area contributed by atoms with Crippen LogP contribution in [0.5, 0.6) is 0 Å². The molecular weight excluding hydrogens is 204 g/mol. The zero-order valence-corrected chi connectivity index (χ0v) is 8.75. The van der Waals surface area contributed by atoms with E-state index in [4.69, 9.17) is 16.7 Å². The van der Waals surface area contributed by atoms with Crippen molar-refractivity contribution in [2.24, 2.45) is 0 Å². The van der Waals surface area contributed by atoms with E-state index in [0.717, 1.165) is 5.56 Å². The largest absolute Gasteiger partial charge is 0.481 e. The van der Waals surface area contributed by atoms with Crippen LogP contribution in [-0.4, -0.2) is 21.3 Å². The molecule has 76 valence electrons. The van der Waals surface area contributed by atoms with E-state index in [9.17, 15) is 4.79 Å². The Labute approximate surface area is 86.9 Å². The number of hydrogen-bond acceptors (Lipinski definition) is 3. The summed E-state index contributed by atoms with van der Waals surface area (Å²) >= 11 is 5.62. The molecule has 0 aliphatic heterocycles. The van der Waals surface area contributed by atoms with Gasteiger partial charge in [-0.2, -0.15) is 5.10 Å². The summed E-state index contributed by atoms with van der Waals surface area (Å²) < 4.78 is 0. The van der Waals surface area contributed by atoms with Crippen molar-refractivity contribution in [2.75, 3.05) is 0 Å². The first kappa shape index (κ1) is 10.9. The van der Waals surface area contributed by atoms with Crippen molar-refractivity contribution < 1.29 is 9.90 Å². The van der Waals surface area contributed by atoms with Crippen LogP contribution >= 0.6 is 11.6 Å². The van der Waals surface area contributed by atoms with Gasteiger partial charge in [-0.25, -0.2) is 0 Å². The summed E-state index contributed by atoms with van der Waals surface area (Å²) in [4.78, 5) is 10.9. The molecule has 0 spiro atoms. The van der Waals surface area contributed by atoms with Crippen LogP contribution in [0, 0.1) is 6.92 Å². The van der Waals surface area contributed by atoms with Crippen LogP contribution < -0.4 is 0 Å². The third kappa shape index (κ3) is 2.20. The lowest BCUT2D eigenvalue weighted by Crippen LogP contribution is -2.14. The second-order valence-electron chi connectivity index (χ2n) is 3.03. The maximum absolute atomic E-state index is 10.9. The van der Waals surface area contributed by atoms with Gasteiger partial charge in [-0.1, -0.05) is 18.5 Å². The van der Waals surface area contributed by atoms with Gasteiger partial charge >= 0.3 is 5.97 Å². The maximum atomic E-state index is 10.9. The lowest BCUT2D eigenvalue weighted by atomic mass is 9.99. The lowest BCUT2D eigenvalue weighted by Gasteiger charge is -2.10. The van der Waals surface area contributed by atoms with E-state index in [0.29, 0.717) is 12.1 Å². The molecule has 1 heterocycles. The quantitative estimate of drug-likeness (QED) is 0.836. The fraction of sp³-hybridized carbons (Fsp3) is 0.444. The number of carboxylic acid groups (broad SMARTS) is 1. The molecule has 5 heteroatoms. The SMILES string of the molecule is CCC(C(=O)O)c1nnc(Cl)cc1C. The molecule has 1 atom stereocenters. The van der Waals surface area contributed by atoms with Crippen molar-refractivity contribution in [1.82, 2.24) is 10.2 Å². The number of aryl methyl sites for hydroxylation is 1. The zero-order valence-electron chi connectivity index (χ0n) is 7.99. The van der Waals surface area contributed by atoms with E-state index in [2.05, 4.69) is 10.2 Å². The normalized spacial score (nSPS) is 12.5. The molecule has 1 rings (SSSR count). The third-order valence-corrected chi connectivity index (χ3v) is 2.21. The van der Waals surface area contributed by atoms with Gasteiger partial charge in [0.15, 0.2) is 5.15 Å². The van der Waals surface area contributed by atoms with E-state index in [1.165, 1.54) is 0 Å². The van der Waals surface area contributed by atoms with Crippen molar-refractivity contribution in [3.8, 4) is 0 Å². The van der Waals surface area contributed by atoms with E-state index >= 15 is 0 Å². The summed E-state index contributed by atoms with van der Waals surface area (Å²) in [5, 5.41) is 16.7. The standard InChI is InChI=1S/C9H11ClN2O2/c1-3-6(9(13)14)8-5(2)4-7(10)11-12-8/h4,6H,3H2,1-2H3,(H,13,14). The highest BCUT2D eigenvalue weighted by molar-refractivity contribution is 6.29. The van der Waals surface area contributed by atoms with Crippen LogP contribution in [0.15, 0.2) is 6.07 Å². The predicted octanol–water partition coefficient (Wildman–Crippen LogP) is 2.02. The molecule has 4 nitrogen and oxygen atoms in total. The molecule has 0 aromatic carbocycles. The van der Waals surface area contributed by atoms with Crippen LogP contribution in [0.3, 0.4) is 0 Å². The predicted molar refractivity (Wildman–Crippen MR) is 52.4 cm³/mol. The highest BCUT2D eigenvalue weighted by atomic mass is 35.5. The minimum absolute atomic E-state index is 0.284. The fourth-order valence-electron chi connectivity index (χ4n) is 1.29. The molecule has 0 saturated heterocycles. The number of nitrogens with zero attached hydrogens (tertiary/aromatic N) is 2. The smallest absolute Gasteiger partial charge is 0.312 e. The number of hydrogen-bond donors (Lipinski definition) is 1. The molecule has 0 radical (unpaired) electrons. The summed E-state index contributed by atoms with van der Waals surface area (Å²) in [6, 6.07) is 1.62. The number of halogens is 1. The van der Waals surface area contributed by atoms with Gasteiger partial charge in [0.05, 0.1) is 5.69 Å². The Morgan fingerprint density at radius 1 is 1.64 bits per heavy atom. The lowest BCUT2D eigenvalue weighted by molar-refractivity contribution is -0.139. The summed E-state index contributed by atoms with van der Waals surface area (Å²) in [5.41, 5.74) is 1.25. The molecular formula is C9H11ClN2O2. The number of aromatic nitrogens is 2. The minimum Gasteiger partial charge on any atom is -0.481 e. The van der Waals surface area contributed by atoms with Crippen molar-refractivity contribution in [1.29, 1.82) is 0 Å². The monoisotopic (exact) mass is 214 g/mol. The van der Waals surface area contributed by atoms with Gasteiger partial charge in [-0.3, -0.25) is 4.79 Å². The van der Waals surface area contributed by atoms with Crippen LogP contribution in [0.1, 0.15) is 30.5 Å². The van der Waals surface area contributed by atoms with Crippen molar-refractivity contribution in [3.05, 3.63) is 22.5 Å². The van der Waals surface area contributed by atoms with Gasteiger partial charge in [0.2, 0.25) is 0 Å². The molecule has 1 N–H and O–H groups in total. The van der Waals surface area contributed by atoms with Gasteiger partial charge in [0, 0.05) is 0 Å². The topological polar surface area (TPSA) is 63.1 Å². The molecule has 0 bridgehead atoms. The summed E-state index contributed by atoms with van der Waals surface area (Å²) in [6.45, 7) is 3.58.